The number of benzene rings is 2. The number of nitrogens with zero attached hydrogens (tertiary/aromatic N) is 2. The highest BCUT2D eigenvalue weighted by Crippen LogP contribution is 2.30. The molecular weight excluding hydrogens is 471 g/mol. The minimum atomic E-state index is -0.330. The fraction of sp³-hybridized carbons (Fsp3) is 0.345. The summed E-state index contributed by atoms with van der Waals surface area (Å²) >= 11 is 0. The van der Waals surface area contributed by atoms with Crippen LogP contribution in [0.5, 0.6) is 5.75 Å². The van der Waals surface area contributed by atoms with Gasteiger partial charge in [-0.1, -0.05) is 18.2 Å². The van der Waals surface area contributed by atoms with Crippen LogP contribution in [0, 0.1) is 11.7 Å². The van der Waals surface area contributed by atoms with Crippen molar-refractivity contribution in [2.45, 2.75) is 38.8 Å². The van der Waals surface area contributed by atoms with Crippen LogP contribution < -0.4 is 20.6 Å². The number of quaternary nitrogens is 1. The van der Waals surface area contributed by atoms with Gasteiger partial charge < -0.3 is 14.2 Å². The number of likely N-dealkylation sites (tertiary alicyclic amines) is 1. The molecule has 8 heteroatoms. The van der Waals surface area contributed by atoms with Gasteiger partial charge in [0.1, 0.15) is 18.1 Å². The first-order valence-corrected chi connectivity index (χ1v) is 12.8. The zero-order chi connectivity index (χ0) is 25.8. The van der Waals surface area contributed by atoms with E-state index in [2.05, 4.69) is 22.7 Å². The largest absolute Gasteiger partial charge is 0.493 e. The number of halogens is 1. The highest BCUT2D eigenvalue weighted by Gasteiger charge is 2.37. The van der Waals surface area contributed by atoms with E-state index in [0.29, 0.717) is 18.4 Å². The van der Waals surface area contributed by atoms with Crippen LogP contribution in [-0.2, 0) is 24.3 Å². The highest BCUT2D eigenvalue weighted by molar-refractivity contribution is 5.83. The zero-order valence-electron chi connectivity index (χ0n) is 21.0. The standard InChI is InChI=1S/C29H31FN4O3/c1-2-37-27-11-8-21(15-31-32-28(35)14-20-6-9-25(30)10-7-20)12-24(27)19-33-16-22-13-23(18-33)26-4-3-5-29(36)34(26)17-22/h3-12,15,22-23H,2,13-14,16-19H2,1H3,(H,32,35)/p+1. The summed E-state index contributed by atoms with van der Waals surface area (Å²) in [6, 6.07) is 17.4. The molecule has 192 valence electrons. The number of aromatic nitrogens is 1. The molecule has 2 aromatic carbocycles. The molecule has 5 rings (SSSR count). The molecule has 0 spiro atoms. The fourth-order valence-corrected chi connectivity index (χ4v) is 5.65. The Hall–Kier alpha value is -3.78. The normalized spacial score (nSPS) is 20.4. The van der Waals surface area contributed by atoms with Crippen molar-refractivity contribution in [2.24, 2.45) is 11.0 Å². The number of amides is 1. The second-order valence-electron chi connectivity index (χ2n) is 9.93. The lowest BCUT2D eigenvalue weighted by Crippen LogP contribution is -3.13. The molecule has 1 saturated heterocycles. The van der Waals surface area contributed by atoms with Crippen LogP contribution in [0.4, 0.5) is 4.39 Å². The zero-order valence-corrected chi connectivity index (χ0v) is 21.0. The first-order valence-electron chi connectivity index (χ1n) is 12.8. The maximum absolute atomic E-state index is 13.1. The summed E-state index contributed by atoms with van der Waals surface area (Å²) in [4.78, 5) is 26.0. The monoisotopic (exact) mass is 503 g/mol. The Labute approximate surface area is 215 Å². The van der Waals surface area contributed by atoms with Crippen LogP contribution in [0.25, 0.3) is 0 Å². The summed E-state index contributed by atoms with van der Waals surface area (Å²) in [7, 11) is 0. The molecule has 2 aliphatic heterocycles. The van der Waals surface area contributed by atoms with E-state index in [-0.39, 0.29) is 23.7 Å². The lowest BCUT2D eigenvalue weighted by Gasteiger charge is -2.40. The quantitative estimate of drug-likeness (QED) is 0.366. The topological polar surface area (TPSA) is 77.1 Å². The summed E-state index contributed by atoms with van der Waals surface area (Å²) < 4.78 is 20.9. The first kappa shape index (κ1) is 24.9. The Kier molecular flexibility index (Phi) is 7.46. The molecule has 1 aromatic heterocycles. The third kappa shape index (κ3) is 5.97. The number of piperidine rings is 1. The van der Waals surface area contributed by atoms with E-state index in [9.17, 15) is 14.0 Å². The number of pyridine rings is 1. The van der Waals surface area contributed by atoms with E-state index in [1.54, 1.807) is 24.4 Å². The molecule has 0 radical (unpaired) electrons. The van der Waals surface area contributed by atoms with E-state index in [1.165, 1.54) is 17.0 Å². The van der Waals surface area contributed by atoms with Crippen LogP contribution in [-0.4, -0.2) is 36.4 Å². The molecule has 37 heavy (non-hydrogen) atoms. The SMILES string of the molecule is CCOc1ccc(C=NNC(=O)Cc2ccc(F)cc2)cc1C[NH+]1CC2CC(C1)c1cccc(=O)n1C2. The van der Waals surface area contributed by atoms with E-state index >= 15 is 0 Å². The van der Waals surface area contributed by atoms with Crippen molar-refractivity contribution in [3.63, 3.8) is 0 Å². The molecule has 3 heterocycles. The number of hydrogen-bond donors (Lipinski definition) is 2. The molecule has 2 aliphatic rings. The molecule has 7 nitrogen and oxygen atoms in total. The first-order chi connectivity index (χ1) is 18.0. The van der Waals surface area contributed by atoms with Gasteiger partial charge in [0.05, 0.1) is 32.3 Å². The second-order valence-corrected chi connectivity index (χ2v) is 9.93. The highest BCUT2D eigenvalue weighted by atomic mass is 19.1. The number of rotatable bonds is 8. The van der Waals surface area contributed by atoms with Crippen LogP contribution in [0.15, 0.2) is 70.6 Å². The number of hydrogen-bond acceptors (Lipinski definition) is 4. The van der Waals surface area contributed by atoms with Crippen molar-refractivity contribution < 1.29 is 18.8 Å². The van der Waals surface area contributed by atoms with Crippen molar-refractivity contribution in [2.75, 3.05) is 19.7 Å². The van der Waals surface area contributed by atoms with Gasteiger partial charge in [-0.15, -0.1) is 0 Å². The predicted molar refractivity (Wildman–Crippen MR) is 139 cm³/mol. The Bertz CT molecular complexity index is 1350. The second kappa shape index (κ2) is 11.1. The van der Waals surface area contributed by atoms with Crippen LogP contribution >= 0.6 is 0 Å². The number of carbonyl (C=O) groups excluding carboxylic acids is 1. The van der Waals surface area contributed by atoms with Gasteiger partial charge in [0.25, 0.3) is 5.56 Å². The van der Waals surface area contributed by atoms with Gasteiger partial charge in [0.2, 0.25) is 5.91 Å². The lowest BCUT2D eigenvalue weighted by atomic mass is 9.83. The summed E-state index contributed by atoms with van der Waals surface area (Å²) in [6.45, 7) is 6.15. The molecule has 3 aromatic rings. The van der Waals surface area contributed by atoms with Crippen molar-refractivity contribution in [3.05, 3.63) is 99.2 Å². The van der Waals surface area contributed by atoms with E-state index in [0.717, 1.165) is 60.7 Å². The van der Waals surface area contributed by atoms with Crippen LogP contribution in [0.3, 0.4) is 0 Å². The molecule has 3 atom stereocenters. The van der Waals surface area contributed by atoms with Gasteiger partial charge >= 0.3 is 0 Å². The minimum absolute atomic E-state index is 0.103. The van der Waals surface area contributed by atoms with E-state index in [1.807, 2.05) is 29.7 Å². The third-order valence-corrected chi connectivity index (χ3v) is 7.18. The van der Waals surface area contributed by atoms with Gasteiger partial charge in [0, 0.05) is 35.7 Å². The Morgan fingerprint density at radius 2 is 2.03 bits per heavy atom. The molecule has 2 bridgehead atoms. The van der Waals surface area contributed by atoms with Gasteiger partial charge in [-0.05, 0) is 60.9 Å². The number of carbonyl (C=O) groups is 1. The Morgan fingerprint density at radius 1 is 1.19 bits per heavy atom. The molecule has 2 N–H and O–H groups in total. The van der Waals surface area contributed by atoms with Crippen molar-refractivity contribution >= 4 is 12.1 Å². The van der Waals surface area contributed by atoms with Crippen LogP contribution in [0.2, 0.25) is 0 Å². The summed E-state index contributed by atoms with van der Waals surface area (Å²) in [5.41, 5.74) is 6.50. The number of ether oxygens (including phenoxy) is 1. The molecule has 3 unspecified atom stereocenters. The van der Waals surface area contributed by atoms with Crippen LogP contribution in [0.1, 0.15) is 41.6 Å². The summed E-state index contributed by atoms with van der Waals surface area (Å²) in [6.07, 6.45) is 2.89. The number of nitrogens with one attached hydrogen (secondary N) is 2. The average molecular weight is 504 g/mol. The molecular formula is C29H32FN4O3+. The van der Waals surface area contributed by atoms with Crippen molar-refractivity contribution in [1.29, 1.82) is 0 Å². The number of fused-ring (bicyclic) bond motifs is 4. The van der Waals surface area contributed by atoms with E-state index < -0.39 is 0 Å². The smallest absolute Gasteiger partial charge is 0.250 e. The molecule has 0 aliphatic carbocycles. The Morgan fingerprint density at radius 3 is 2.84 bits per heavy atom. The van der Waals surface area contributed by atoms with Gasteiger partial charge in [-0.25, -0.2) is 9.82 Å². The lowest BCUT2D eigenvalue weighted by molar-refractivity contribution is -0.924. The third-order valence-electron chi connectivity index (χ3n) is 7.18. The average Bonchev–Trinajstić information content (AvgIpc) is 2.88. The Balaban J connectivity index is 1.26. The molecule has 1 fully saturated rings. The minimum Gasteiger partial charge on any atom is -0.493 e. The van der Waals surface area contributed by atoms with E-state index in [4.69, 9.17) is 4.74 Å². The predicted octanol–water partition coefficient (Wildman–Crippen LogP) is 2.28. The van der Waals surface area contributed by atoms with Crippen molar-refractivity contribution in [3.8, 4) is 5.75 Å². The van der Waals surface area contributed by atoms with Gasteiger partial charge in [-0.3, -0.25) is 9.59 Å². The fourth-order valence-electron chi connectivity index (χ4n) is 5.65. The van der Waals surface area contributed by atoms with Gasteiger partial charge in [-0.2, -0.15) is 5.10 Å². The summed E-state index contributed by atoms with van der Waals surface area (Å²) in [5, 5.41) is 4.12. The maximum Gasteiger partial charge on any atom is 0.250 e. The molecule has 1 amide bonds. The van der Waals surface area contributed by atoms with Gasteiger partial charge in [0.15, 0.2) is 0 Å². The maximum atomic E-state index is 13.1. The van der Waals surface area contributed by atoms with Crippen molar-refractivity contribution in [1.82, 2.24) is 9.99 Å². The molecule has 0 saturated carbocycles. The number of hydrazone groups is 1. The summed E-state index contributed by atoms with van der Waals surface area (Å²) in [5.74, 6) is 1.13.